The van der Waals surface area contributed by atoms with E-state index in [0.717, 1.165) is 19.6 Å². The van der Waals surface area contributed by atoms with Crippen LogP contribution in [0.2, 0.25) is 0 Å². The van der Waals surface area contributed by atoms with Crippen molar-refractivity contribution in [2.45, 2.75) is 25.4 Å². The Bertz CT molecular complexity index is 595. The molecule has 20 heavy (non-hydrogen) atoms. The summed E-state index contributed by atoms with van der Waals surface area (Å²) in [5, 5.41) is 3.52. The highest BCUT2D eigenvalue weighted by atomic mass is 15.1. The predicted octanol–water partition coefficient (Wildman–Crippen LogP) is 3.60. The summed E-state index contributed by atoms with van der Waals surface area (Å²) in [6.45, 7) is 4.50. The van der Waals surface area contributed by atoms with Gasteiger partial charge in [-0.2, -0.15) is 0 Å². The molecular formula is C18H20N2. The van der Waals surface area contributed by atoms with Crippen LogP contribution in [0.5, 0.6) is 0 Å². The first-order valence-electron chi connectivity index (χ1n) is 7.52. The van der Waals surface area contributed by atoms with Crippen LogP contribution in [0.4, 0.5) is 5.69 Å². The second-order valence-corrected chi connectivity index (χ2v) is 5.94. The molecule has 2 aromatic carbocycles. The van der Waals surface area contributed by atoms with E-state index in [4.69, 9.17) is 0 Å². The van der Waals surface area contributed by atoms with Gasteiger partial charge in [0, 0.05) is 37.8 Å². The van der Waals surface area contributed by atoms with E-state index in [0.29, 0.717) is 5.92 Å². The number of hydrogen-bond acceptors (Lipinski definition) is 2. The highest BCUT2D eigenvalue weighted by Gasteiger charge is 2.25. The SMILES string of the molecule is c1ccc2c(c1)CN(CC1CCNc3ccccc31)C2. The molecule has 0 amide bonds. The minimum atomic E-state index is 0.668. The van der Waals surface area contributed by atoms with Crippen LogP contribution in [-0.4, -0.2) is 18.0 Å². The van der Waals surface area contributed by atoms with Gasteiger partial charge in [-0.25, -0.2) is 0 Å². The van der Waals surface area contributed by atoms with Gasteiger partial charge in [0.15, 0.2) is 0 Å². The van der Waals surface area contributed by atoms with Crippen molar-refractivity contribution in [1.82, 2.24) is 4.90 Å². The van der Waals surface area contributed by atoms with Gasteiger partial charge in [0.2, 0.25) is 0 Å². The fraction of sp³-hybridized carbons (Fsp3) is 0.333. The lowest BCUT2D eigenvalue weighted by Gasteiger charge is -2.30. The van der Waals surface area contributed by atoms with E-state index >= 15 is 0 Å². The monoisotopic (exact) mass is 264 g/mol. The highest BCUT2D eigenvalue weighted by Crippen LogP contribution is 2.33. The van der Waals surface area contributed by atoms with Crippen molar-refractivity contribution >= 4 is 5.69 Å². The molecular weight excluding hydrogens is 244 g/mol. The Labute approximate surface area is 120 Å². The molecule has 0 spiro atoms. The number of benzene rings is 2. The molecule has 1 unspecified atom stereocenters. The summed E-state index contributed by atoms with van der Waals surface area (Å²) >= 11 is 0. The van der Waals surface area contributed by atoms with Crippen LogP contribution in [0.25, 0.3) is 0 Å². The van der Waals surface area contributed by atoms with E-state index in [1.807, 2.05) is 0 Å². The van der Waals surface area contributed by atoms with Gasteiger partial charge in [-0.05, 0) is 29.2 Å². The minimum Gasteiger partial charge on any atom is -0.385 e. The fourth-order valence-corrected chi connectivity index (χ4v) is 3.58. The third-order valence-electron chi connectivity index (χ3n) is 4.59. The van der Waals surface area contributed by atoms with E-state index in [2.05, 4.69) is 58.7 Å². The predicted molar refractivity (Wildman–Crippen MR) is 82.8 cm³/mol. The summed E-state index contributed by atoms with van der Waals surface area (Å²) in [5.41, 5.74) is 5.85. The Morgan fingerprint density at radius 2 is 1.65 bits per heavy atom. The third kappa shape index (κ3) is 2.10. The zero-order chi connectivity index (χ0) is 13.4. The molecule has 2 nitrogen and oxygen atoms in total. The Morgan fingerprint density at radius 1 is 0.950 bits per heavy atom. The molecule has 1 atom stereocenters. The molecule has 0 aromatic heterocycles. The van der Waals surface area contributed by atoms with E-state index < -0.39 is 0 Å². The molecule has 0 fully saturated rings. The van der Waals surface area contributed by atoms with Crippen LogP contribution in [-0.2, 0) is 13.1 Å². The quantitative estimate of drug-likeness (QED) is 0.891. The maximum absolute atomic E-state index is 3.52. The van der Waals surface area contributed by atoms with Crippen molar-refractivity contribution in [2.24, 2.45) is 0 Å². The summed E-state index contributed by atoms with van der Waals surface area (Å²) in [7, 11) is 0. The second kappa shape index (κ2) is 4.95. The van der Waals surface area contributed by atoms with Gasteiger partial charge in [-0.1, -0.05) is 42.5 Å². The molecule has 0 radical (unpaired) electrons. The zero-order valence-electron chi connectivity index (χ0n) is 11.7. The average molecular weight is 264 g/mol. The number of rotatable bonds is 2. The maximum atomic E-state index is 3.52. The van der Waals surface area contributed by atoms with Gasteiger partial charge in [-0.3, -0.25) is 4.90 Å². The largest absolute Gasteiger partial charge is 0.385 e. The number of hydrogen-bond donors (Lipinski definition) is 1. The summed E-state index contributed by atoms with van der Waals surface area (Å²) in [6.07, 6.45) is 1.24. The molecule has 2 aliphatic heterocycles. The number of nitrogens with one attached hydrogen (secondary N) is 1. The molecule has 4 rings (SSSR count). The van der Waals surface area contributed by atoms with E-state index in [1.165, 1.54) is 35.3 Å². The normalized spacial score (nSPS) is 21.1. The van der Waals surface area contributed by atoms with Gasteiger partial charge in [-0.15, -0.1) is 0 Å². The molecule has 2 heterocycles. The zero-order valence-corrected chi connectivity index (χ0v) is 11.7. The molecule has 102 valence electrons. The lowest BCUT2D eigenvalue weighted by molar-refractivity contribution is 0.260. The first-order chi connectivity index (χ1) is 9.90. The molecule has 0 saturated carbocycles. The number of anilines is 1. The Balaban J connectivity index is 1.52. The Hall–Kier alpha value is -1.80. The van der Waals surface area contributed by atoms with Gasteiger partial charge in [0.05, 0.1) is 0 Å². The van der Waals surface area contributed by atoms with Crippen molar-refractivity contribution in [3.8, 4) is 0 Å². The second-order valence-electron chi connectivity index (χ2n) is 5.94. The number of para-hydroxylation sites is 1. The summed E-state index contributed by atoms with van der Waals surface area (Å²) < 4.78 is 0. The van der Waals surface area contributed by atoms with E-state index in [-0.39, 0.29) is 0 Å². The number of fused-ring (bicyclic) bond motifs is 2. The first kappa shape index (κ1) is 12.0. The van der Waals surface area contributed by atoms with Gasteiger partial charge in [0.1, 0.15) is 0 Å². The lowest BCUT2D eigenvalue weighted by atomic mass is 9.90. The van der Waals surface area contributed by atoms with Crippen molar-refractivity contribution in [3.05, 3.63) is 65.2 Å². The highest BCUT2D eigenvalue weighted by molar-refractivity contribution is 5.54. The first-order valence-corrected chi connectivity index (χ1v) is 7.52. The van der Waals surface area contributed by atoms with Crippen LogP contribution in [0.1, 0.15) is 29.0 Å². The molecule has 2 aliphatic rings. The summed E-state index contributed by atoms with van der Waals surface area (Å²) in [4.78, 5) is 2.59. The number of nitrogens with zero attached hydrogens (tertiary/aromatic N) is 1. The lowest BCUT2D eigenvalue weighted by Crippen LogP contribution is -2.28. The third-order valence-corrected chi connectivity index (χ3v) is 4.59. The average Bonchev–Trinajstić information content (AvgIpc) is 2.90. The molecule has 0 bridgehead atoms. The van der Waals surface area contributed by atoms with E-state index in [1.54, 1.807) is 0 Å². The maximum Gasteiger partial charge on any atom is 0.0376 e. The Kier molecular flexibility index (Phi) is 2.96. The van der Waals surface area contributed by atoms with Gasteiger partial charge < -0.3 is 5.32 Å². The van der Waals surface area contributed by atoms with Crippen molar-refractivity contribution in [3.63, 3.8) is 0 Å². The van der Waals surface area contributed by atoms with Crippen molar-refractivity contribution in [2.75, 3.05) is 18.4 Å². The van der Waals surface area contributed by atoms with Gasteiger partial charge >= 0.3 is 0 Å². The summed E-state index contributed by atoms with van der Waals surface area (Å²) in [5.74, 6) is 0.668. The molecule has 2 aromatic rings. The Morgan fingerprint density at radius 3 is 2.45 bits per heavy atom. The van der Waals surface area contributed by atoms with Crippen LogP contribution < -0.4 is 5.32 Å². The smallest absolute Gasteiger partial charge is 0.0376 e. The van der Waals surface area contributed by atoms with Crippen LogP contribution in [0.15, 0.2) is 48.5 Å². The summed E-state index contributed by atoms with van der Waals surface area (Å²) in [6, 6.07) is 17.6. The minimum absolute atomic E-state index is 0.668. The molecule has 0 saturated heterocycles. The van der Waals surface area contributed by atoms with Gasteiger partial charge in [0.25, 0.3) is 0 Å². The topological polar surface area (TPSA) is 15.3 Å². The van der Waals surface area contributed by atoms with Crippen LogP contribution >= 0.6 is 0 Å². The molecule has 1 N–H and O–H groups in total. The van der Waals surface area contributed by atoms with E-state index in [9.17, 15) is 0 Å². The van der Waals surface area contributed by atoms with Crippen LogP contribution in [0.3, 0.4) is 0 Å². The standard InChI is InChI=1S/C18H20N2/c1-2-6-15-12-20(11-14(15)5-1)13-16-9-10-19-18-8-4-3-7-17(16)18/h1-8,16,19H,9-13H2. The molecule has 2 heteroatoms. The van der Waals surface area contributed by atoms with Crippen molar-refractivity contribution < 1.29 is 0 Å². The fourth-order valence-electron chi connectivity index (χ4n) is 3.58. The van der Waals surface area contributed by atoms with Crippen LogP contribution in [0, 0.1) is 0 Å². The molecule has 0 aliphatic carbocycles. The van der Waals surface area contributed by atoms with Crippen molar-refractivity contribution in [1.29, 1.82) is 0 Å².